The minimum Gasteiger partial charge on any atom is -0.382 e. The first kappa shape index (κ1) is 21.8. The lowest BCUT2D eigenvalue weighted by Gasteiger charge is -2.35. The zero-order valence-electron chi connectivity index (χ0n) is 18.1. The van der Waals surface area contributed by atoms with E-state index in [2.05, 4.69) is 15.3 Å². The van der Waals surface area contributed by atoms with E-state index in [1.165, 1.54) is 10.2 Å². The van der Waals surface area contributed by atoms with Crippen LogP contribution in [0.1, 0.15) is 24.5 Å². The Morgan fingerprint density at radius 2 is 1.87 bits per heavy atom. The van der Waals surface area contributed by atoms with Crippen LogP contribution in [0.15, 0.2) is 35.1 Å². The monoisotopic (exact) mass is 413 g/mol. The Labute approximate surface area is 177 Å². The van der Waals surface area contributed by atoms with Crippen LogP contribution in [0.3, 0.4) is 0 Å². The molecule has 0 atom stereocenters. The summed E-state index contributed by atoms with van der Waals surface area (Å²) in [7, 11) is 0. The maximum atomic E-state index is 12.4. The van der Waals surface area contributed by atoms with Crippen molar-refractivity contribution in [3.63, 3.8) is 0 Å². The molecule has 0 aliphatic carbocycles. The molecule has 3 rings (SSSR count). The molecule has 0 bridgehead atoms. The highest BCUT2D eigenvalue weighted by molar-refractivity contribution is 5.74. The third kappa shape index (κ3) is 5.38. The van der Waals surface area contributed by atoms with Crippen LogP contribution >= 0.6 is 0 Å². The molecule has 0 unspecified atom stereocenters. The van der Waals surface area contributed by atoms with Crippen LogP contribution < -0.4 is 15.8 Å². The fourth-order valence-electron chi connectivity index (χ4n) is 3.38. The van der Waals surface area contributed by atoms with Crippen LogP contribution in [-0.2, 0) is 4.74 Å². The molecule has 2 heterocycles. The smallest absolute Gasteiger partial charge is 0.317 e. The second kappa shape index (κ2) is 10.2. The molecule has 0 radical (unpaired) electrons. The first-order valence-corrected chi connectivity index (χ1v) is 10.5. The zero-order valence-corrected chi connectivity index (χ0v) is 18.1. The number of urea groups is 1. The number of carbonyl (C=O) groups is 1. The number of hydrogen-bond acceptors (Lipinski definition) is 5. The van der Waals surface area contributed by atoms with Crippen molar-refractivity contribution >= 4 is 11.8 Å². The summed E-state index contributed by atoms with van der Waals surface area (Å²) in [5.74, 6) is 0.740. The number of amides is 2. The Hall–Kier alpha value is -2.87. The van der Waals surface area contributed by atoms with Crippen molar-refractivity contribution in [1.29, 1.82) is 0 Å². The molecule has 1 aliphatic rings. The van der Waals surface area contributed by atoms with Gasteiger partial charge in [-0.3, -0.25) is 4.79 Å². The van der Waals surface area contributed by atoms with Gasteiger partial charge in [-0.1, -0.05) is 6.07 Å². The molecule has 30 heavy (non-hydrogen) atoms. The molecule has 1 N–H and O–H groups in total. The van der Waals surface area contributed by atoms with Gasteiger partial charge in [0, 0.05) is 52.0 Å². The molecule has 1 aliphatic heterocycles. The van der Waals surface area contributed by atoms with Gasteiger partial charge in [0.15, 0.2) is 0 Å². The van der Waals surface area contributed by atoms with E-state index in [0.29, 0.717) is 45.9 Å². The van der Waals surface area contributed by atoms with Gasteiger partial charge in [-0.2, -0.15) is 4.68 Å². The van der Waals surface area contributed by atoms with Crippen molar-refractivity contribution in [2.75, 3.05) is 50.8 Å². The Balaban J connectivity index is 1.60. The van der Waals surface area contributed by atoms with Crippen molar-refractivity contribution in [2.45, 2.75) is 27.2 Å². The van der Waals surface area contributed by atoms with Gasteiger partial charge < -0.3 is 19.9 Å². The highest BCUT2D eigenvalue weighted by atomic mass is 16.5. The molecular formula is C22H31N5O3. The summed E-state index contributed by atoms with van der Waals surface area (Å²) < 4.78 is 6.73. The lowest BCUT2D eigenvalue weighted by molar-refractivity contribution is 0.143. The van der Waals surface area contributed by atoms with Crippen LogP contribution in [0, 0.1) is 13.8 Å². The summed E-state index contributed by atoms with van der Waals surface area (Å²) in [6.07, 6.45) is 0.809. The number of hydrogen-bond donors (Lipinski definition) is 1. The van der Waals surface area contributed by atoms with Crippen LogP contribution in [0.2, 0.25) is 0 Å². The molecule has 0 spiro atoms. The SMILES string of the molecule is CCOCCCNC(=O)N1CCN(c2ccc(=O)n(-c3ccc(C)c(C)c3)n2)CC1. The van der Waals surface area contributed by atoms with Crippen LogP contribution in [-0.4, -0.2) is 66.6 Å². The number of ether oxygens (including phenoxy) is 1. The summed E-state index contributed by atoms with van der Waals surface area (Å²) in [6.45, 7) is 10.6. The van der Waals surface area contributed by atoms with E-state index in [1.807, 2.05) is 43.9 Å². The lowest BCUT2D eigenvalue weighted by atomic mass is 10.1. The summed E-state index contributed by atoms with van der Waals surface area (Å²) in [4.78, 5) is 28.6. The number of carbonyl (C=O) groups excluding carboxylic acids is 1. The highest BCUT2D eigenvalue weighted by Crippen LogP contribution is 2.15. The fraction of sp³-hybridized carbons (Fsp3) is 0.500. The average Bonchev–Trinajstić information content (AvgIpc) is 2.76. The third-order valence-electron chi connectivity index (χ3n) is 5.36. The maximum absolute atomic E-state index is 12.4. The van der Waals surface area contributed by atoms with Crippen molar-refractivity contribution in [3.05, 3.63) is 51.8 Å². The van der Waals surface area contributed by atoms with Gasteiger partial charge in [0.05, 0.1) is 5.69 Å². The summed E-state index contributed by atoms with van der Waals surface area (Å²) in [6, 6.07) is 9.14. The molecule has 8 heteroatoms. The normalized spacial score (nSPS) is 14.1. The minimum atomic E-state index is -0.160. The molecule has 2 amide bonds. The fourth-order valence-corrected chi connectivity index (χ4v) is 3.38. The highest BCUT2D eigenvalue weighted by Gasteiger charge is 2.22. The first-order valence-electron chi connectivity index (χ1n) is 10.5. The van der Waals surface area contributed by atoms with Gasteiger partial charge in [0.2, 0.25) is 0 Å². The third-order valence-corrected chi connectivity index (χ3v) is 5.36. The van der Waals surface area contributed by atoms with Gasteiger partial charge in [-0.05, 0) is 56.5 Å². The Morgan fingerprint density at radius 1 is 1.10 bits per heavy atom. The molecular weight excluding hydrogens is 382 g/mol. The van der Waals surface area contributed by atoms with Crippen LogP contribution in [0.5, 0.6) is 0 Å². The van der Waals surface area contributed by atoms with Crippen LogP contribution in [0.4, 0.5) is 10.6 Å². The van der Waals surface area contributed by atoms with Crippen molar-refractivity contribution < 1.29 is 9.53 Å². The molecule has 1 saturated heterocycles. The maximum Gasteiger partial charge on any atom is 0.317 e. The van der Waals surface area contributed by atoms with Crippen molar-refractivity contribution in [1.82, 2.24) is 20.0 Å². The number of benzene rings is 1. The number of aryl methyl sites for hydroxylation is 2. The number of rotatable bonds is 7. The molecule has 162 valence electrons. The minimum absolute atomic E-state index is 0.0424. The first-order chi connectivity index (χ1) is 14.5. The quantitative estimate of drug-likeness (QED) is 0.704. The Bertz CT molecular complexity index is 919. The Kier molecular flexibility index (Phi) is 7.46. The zero-order chi connectivity index (χ0) is 21.5. The van der Waals surface area contributed by atoms with Gasteiger partial charge in [-0.15, -0.1) is 5.10 Å². The van der Waals surface area contributed by atoms with E-state index in [1.54, 1.807) is 12.1 Å². The summed E-state index contributed by atoms with van der Waals surface area (Å²) in [5.41, 5.74) is 2.89. The molecule has 1 aromatic heterocycles. The van der Waals surface area contributed by atoms with Crippen molar-refractivity contribution in [2.24, 2.45) is 0 Å². The molecule has 1 fully saturated rings. The molecule has 0 saturated carbocycles. The number of aromatic nitrogens is 2. The molecule has 1 aromatic carbocycles. The van der Waals surface area contributed by atoms with Gasteiger partial charge in [0.25, 0.3) is 5.56 Å². The van der Waals surface area contributed by atoms with Crippen LogP contribution in [0.25, 0.3) is 5.69 Å². The topological polar surface area (TPSA) is 79.7 Å². The van der Waals surface area contributed by atoms with Gasteiger partial charge >= 0.3 is 6.03 Å². The molecule has 8 nitrogen and oxygen atoms in total. The van der Waals surface area contributed by atoms with E-state index < -0.39 is 0 Å². The van der Waals surface area contributed by atoms with E-state index in [0.717, 1.165) is 23.5 Å². The van der Waals surface area contributed by atoms with Crippen molar-refractivity contribution in [3.8, 4) is 5.69 Å². The van der Waals surface area contributed by atoms with E-state index in [9.17, 15) is 9.59 Å². The van der Waals surface area contributed by atoms with E-state index in [4.69, 9.17) is 4.74 Å². The van der Waals surface area contributed by atoms with E-state index >= 15 is 0 Å². The largest absolute Gasteiger partial charge is 0.382 e. The standard InChI is InChI=1S/C22H31N5O3/c1-4-30-15-5-10-23-22(29)26-13-11-25(12-14-26)20-8-9-21(28)27(24-20)19-7-6-17(2)18(3)16-19/h6-9,16H,4-5,10-15H2,1-3H3,(H,23,29). The predicted octanol–water partition coefficient (Wildman–Crippen LogP) is 2.11. The number of nitrogens with zero attached hydrogens (tertiary/aromatic N) is 4. The van der Waals surface area contributed by atoms with E-state index in [-0.39, 0.29) is 11.6 Å². The second-order valence-corrected chi connectivity index (χ2v) is 7.47. The predicted molar refractivity (Wildman–Crippen MR) is 118 cm³/mol. The number of anilines is 1. The average molecular weight is 414 g/mol. The van der Waals surface area contributed by atoms with Gasteiger partial charge in [-0.25, -0.2) is 4.79 Å². The molecule has 2 aromatic rings. The Morgan fingerprint density at radius 3 is 2.57 bits per heavy atom. The van der Waals surface area contributed by atoms with Gasteiger partial charge in [0.1, 0.15) is 5.82 Å². The second-order valence-electron chi connectivity index (χ2n) is 7.47. The summed E-state index contributed by atoms with van der Waals surface area (Å²) in [5, 5.41) is 7.52. The number of nitrogens with one attached hydrogen (secondary N) is 1. The summed E-state index contributed by atoms with van der Waals surface area (Å²) >= 11 is 0. The lowest BCUT2D eigenvalue weighted by Crippen LogP contribution is -2.52. The number of piperazine rings is 1.